The van der Waals surface area contributed by atoms with Crippen LogP contribution in [0.4, 0.5) is 18.9 Å². The highest BCUT2D eigenvalue weighted by molar-refractivity contribution is 5.82. The van der Waals surface area contributed by atoms with E-state index in [4.69, 9.17) is 9.47 Å². The summed E-state index contributed by atoms with van der Waals surface area (Å²) in [4.78, 5) is 11.6. The molecule has 1 heterocycles. The maximum Gasteiger partial charge on any atom is 0.269 e. The first-order chi connectivity index (χ1) is 9.09. The SMILES string of the molecule is O=C(NNc1ccc(F)c(F)c1F)C1COCCO1. The summed E-state index contributed by atoms with van der Waals surface area (Å²) in [7, 11) is 0. The number of rotatable bonds is 3. The van der Waals surface area contributed by atoms with Gasteiger partial charge in [0, 0.05) is 0 Å². The van der Waals surface area contributed by atoms with Gasteiger partial charge in [0.1, 0.15) is 0 Å². The minimum atomic E-state index is -1.61. The first kappa shape index (κ1) is 13.6. The number of halogens is 3. The smallest absolute Gasteiger partial charge is 0.269 e. The Morgan fingerprint density at radius 1 is 1.21 bits per heavy atom. The third kappa shape index (κ3) is 3.15. The number of carbonyl (C=O) groups is 1. The second-order valence-electron chi connectivity index (χ2n) is 3.77. The van der Waals surface area contributed by atoms with E-state index in [2.05, 4.69) is 10.9 Å². The van der Waals surface area contributed by atoms with E-state index < -0.39 is 29.5 Å². The summed E-state index contributed by atoms with van der Waals surface area (Å²) >= 11 is 0. The molecule has 8 heteroatoms. The van der Waals surface area contributed by atoms with Crippen LogP contribution >= 0.6 is 0 Å². The van der Waals surface area contributed by atoms with Gasteiger partial charge in [-0.05, 0) is 12.1 Å². The fraction of sp³-hybridized carbons (Fsp3) is 0.364. The van der Waals surface area contributed by atoms with Gasteiger partial charge in [-0.3, -0.25) is 15.6 Å². The molecule has 1 atom stereocenters. The van der Waals surface area contributed by atoms with Crippen molar-refractivity contribution in [2.75, 3.05) is 25.2 Å². The lowest BCUT2D eigenvalue weighted by molar-refractivity contribution is -0.146. The van der Waals surface area contributed by atoms with Gasteiger partial charge in [0.25, 0.3) is 5.91 Å². The molecule has 1 aromatic rings. The topological polar surface area (TPSA) is 59.6 Å². The predicted octanol–water partition coefficient (Wildman–Crippen LogP) is 0.962. The van der Waals surface area contributed by atoms with Gasteiger partial charge in [-0.15, -0.1) is 0 Å². The number of benzene rings is 1. The van der Waals surface area contributed by atoms with Crippen LogP contribution in [0.25, 0.3) is 0 Å². The average molecular weight is 276 g/mol. The number of amides is 1. The molecule has 1 aliphatic rings. The molecule has 0 bridgehead atoms. The van der Waals surface area contributed by atoms with Crippen LogP contribution in [-0.2, 0) is 14.3 Å². The minimum absolute atomic E-state index is 0.0772. The molecule has 0 aromatic heterocycles. The van der Waals surface area contributed by atoms with E-state index in [-0.39, 0.29) is 18.9 Å². The summed E-state index contributed by atoms with van der Waals surface area (Å²) in [5.41, 5.74) is 3.91. The Bertz CT molecular complexity index is 478. The Morgan fingerprint density at radius 3 is 2.68 bits per heavy atom. The number of nitrogens with one attached hydrogen (secondary N) is 2. The zero-order valence-electron chi connectivity index (χ0n) is 9.71. The number of hydrogen-bond donors (Lipinski definition) is 2. The molecule has 0 radical (unpaired) electrons. The molecule has 1 amide bonds. The molecular formula is C11H11F3N2O3. The molecule has 1 saturated heterocycles. The summed E-state index contributed by atoms with van der Waals surface area (Å²) in [6.45, 7) is 0.750. The van der Waals surface area contributed by atoms with E-state index in [0.717, 1.165) is 12.1 Å². The van der Waals surface area contributed by atoms with Gasteiger partial charge < -0.3 is 9.47 Å². The fourth-order valence-corrected chi connectivity index (χ4v) is 1.47. The molecule has 0 aliphatic carbocycles. The maximum atomic E-state index is 13.3. The lowest BCUT2D eigenvalue weighted by Gasteiger charge is -2.22. The molecule has 0 spiro atoms. The molecule has 1 fully saturated rings. The number of hydrogen-bond acceptors (Lipinski definition) is 4. The van der Waals surface area contributed by atoms with Gasteiger partial charge in [0.05, 0.1) is 25.5 Å². The van der Waals surface area contributed by atoms with Crippen LogP contribution in [0.5, 0.6) is 0 Å². The number of hydrazine groups is 1. The Labute approximate surface area is 106 Å². The summed E-state index contributed by atoms with van der Waals surface area (Å²) in [5, 5.41) is 0. The van der Waals surface area contributed by atoms with Gasteiger partial charge in [-0.2, -0.15) is 0 Å². The van der Waals surface area contributed by atoms with Crippen molar-refractivity contribution in [3.05, 3.63) is 29.6 Å². The summed E-state index contributed by atoms with van der Waals surface area (Å²) in [5.74, 6) is -4.93. The van der Waals surface area contributed by atoms with E-state index in [1.165, 1.54) is 0 Å². The molecule has 1 aliphatic heterocycles. The normalized spacial score (nSPS) is 19.0. The van der Waals surface area contributed by atoms with E-state index in [1.54, 1.807) is 0 Å². The van der Waals surface area contributed by atoms with Gasteiger partial charge in [-0.1, -0.05) is 0 Å². The maximum absolute atomic E-state index is 13.3. The summed E-state index contributed by atoms with van der Waals surface area (Å²) in [6.07, 6.45) is -0.824. The molecule has 5 nitrogen and oxygen atoms in total. The summed E-state index contributed by atoms with van der Waals surface area (Å²) in [6, 6.07) is 1.71. The predicted molar refractivity (Wildman–Crippen MR) is 58.6 cm³/mol. The Morgan fingerprint density at radius 2 is 2.00 bits per heavy atom. The standard InChI is InChI=1S/C11H11F3N2O3/c12-6-1-2-7(10(14)9(6)13)15-16-11(17)8-5-18-3-4-19-8/h1-2,8,15H,3-5H2,(H,16,17). The van der Waals surface area contributed by atoms with Crippen LogP contribution in [0.2, 0.25) is 0 Å². The third-order valence-corrected chi connectivity index (χ3v) is 2.46. The monoisotopic (exact) mass is 276 g/mol. The van der Waals surface area contributed by atoms with Gasteiger partial charge in [-0.25, -0.2) is 13.2 Å². The first-order valence-corrected chi connectivity index (χ1v) is 5.48. The van der Waals surface area contributed by atoms with Gasteiger partial charge in [0.2, 0.25) is 0 Å². The highest BCUT2D eigenvalue weighted by atomic mass is 19.2. The van der Waals surface area contributed by atoms with Gasteiger partial charge in [0.15, 0.2) is 23.6 Å². The molecule has 2 N–H and O–H groups in total. The molecule has 1 unspecified atom stereocenters. The lowest BCUT2D eigenvalue weighted by Crippen LogP contribution is -2.45. The summed E-state index contributed by atoms with van der Waals surface area (Å²) < 4.78 is 49.0. The zero-order chi connectivity index (χ0) is 13.8. The largest absolute Gasteiger partial charge is 0.376 e. The quantitative estimate of drug-likeness (QED) is 0.638. The molecule has 0 saturated carbocycles. The van der Waals surface area contributed by atoms with Crippen molar-refractivity contribution in [3.8, 4) is 0 Å². The van der Waals surface area contributed by atoms with Crippen molar-refractivity contribution < 1.29 is 27.4 Å². The Kier molecular flexibility index (Phi) is 4.23. The van der Waals surface area contributed by atoms with Crippen LogP contribution < -0.4 is 10.9 Å². The highest BCUT2D eigenvalue weighted by Crippen LogP contribution is 2.18. The molecular weight excluding hydrogens is 265 g/mol. The Hall–Kier alpha value is -1.80. The van der Waals surface area contributed by atoms with E-state index in [9.17, 15) is 18.0 Å². The molecule has 104 valence electrons. The van der Waals surface area contributed by atoms with Crippen LogP contribution in [0.1, 0.15) is 0 Å². The second kappa shape index (κ2) is 5.89. The van der Waals surface area contributed by atoms with Crippen molar-refractivity contribution in [1.82, 2.24) is 5.43 Å². The van der Waals surface area contributed by atoms with E-state index >= 15 is 0 Å². The van der Waals surface area contributed by atoms with Crippen molar-refractivity contribution in [2.45, 2.75) is 6.10 Å². The van der Waals surface area contributed by atoms with Crippen molar-refractivity contribution in [1.29, 1.82) is 0 Å². The fourth-order valence-electron chi connectivity index (χ4n) is 1.47. The van der Waals surface area contributed by atoms with Crippen molar-refractivity contribution in [2.24, 2.45) is 0 Å². The van der Waals surface area contributed by atoms with Crippen LogP contribution in [0.3, 0.4) is 0 Å². The van der Waals surface area contributed by atoms with E-state index in [0.29, 0.717) is 6.61 Å². The van der Waals surface area contributed by atoms with Crippen molar-refractivity contribution in [3.63, 3.8) is 0 Å². The van der Waals surface area contributed by atoms with Crippen LogP contribution in [-0.4, -0.2) is 31.8 Å². The van der Waals surface area contributed by atoms with Crippen LogP contribution in [0, 0.1) is 17.5 Å². The lowest BCUT2D eigenvalue weighted by atomic mass is 10.3. The Balaban J connectivity index is 1.95. The minimum Gasteiger partial charge on any atom is -0.376 e. The zero-order valence-corrected chi connectivity index (χ0v) is 9.71. The second-order valence-corrected chi connectivity index (χ2v) is 3.77. The molecule has 1 aromatic carbocycles. The van der Waals surface area contributed by atoms with Gasteiger partial charge >= 0.3 is 0 Å². The average Bonchev–Trinajstić information content (AvgIpc) is 2.45. The number of anilines is 1. The van der Waals surface area contributed by atoms with Crippen LogP contribution in [0.15, 0.2) is 12.1 Å². The number of ether oxygens (including phenoxy) is 2. The third-order valence-electron chi connectivity index (χ3n) is 2.46. The highest BCUT2D eigenvalue weighted by Gasteiger charge is 2.23. The molecule has 19 heavy (non-hydrogen) atoms. The molecule has 2 rings (SSSR count). The number of carbonyl (C=O) groups excluding carboxylic acids is 1. The first-order valence-electron chi connectivity index (χ1n) is 5.48. The van der Waals surface area contributed by atoms with E-state index in [1.807, 2.05) is 0 Å². The van der Waals surface area contributed by atoms with Crippen molar-refractivity contribution >= 4 is 11.6 Å².